The van der Waals surface area contributed by atoms with Crippen molar-refractivity contribution in [2.75, 3.05) is 7.11 Å². The molecule has 0 N–H and O–H groups in total. The molecule has 0 radical (unpaired) electrons. The number of hydrogen-bond donors (Lipinski definition) is 0. The number of thiazole rings is 1. The molecule has 2 nitrogen and oxygen atoms in total. The van der Waals surface area contributed by atoms with Gasteiger partial charge in [0.05, 0.1) is 22.7 Å². The monoisotopic (exact) mass is 315 g/mol. The zero-order valence-electron chi connectivity index (χ0n) is 12.3. The summed E-state index contributed by atoms with van der Waals surface area (Å²) < 4.78 is 5.41. The molecule has 108 valence electrons. The van der Waals surface area contributed by atoms with Gasteiger partial charge in [-0.1, -0.05) is 18.2 Å². The van der Waals surface area contributed by atoms with Gasteiger partial charge in [-0.2, -0.15) is 0 Å². The molecule has 21 heavy (non-hydrogen) atoms. The highest BCUT2D eigenvalue weighted by atomic mass is 32.1. The van der Waals surface area contributed by atoms with Gasteiger partial charge in [-0.15, -0.1) is 22.7 Å². The topological polar surface area (TPSA) is 22.1 Å². The fraction of sp³-hybridized carbons (Fsp3) is 0.235. The van der Waals surface area contributed by atoms with E-state index >= 15 is 0 Å². The maximum atomic E-state index is 5.41. The molecule has 2 aromatic heterocycles. The summed E-state index contributed by atoms with van der Waals surface area (Å²) in [4.78, 5) is 7.42. The lowest BCUT2D eigenvalue weighted by molar-refractivity contribution is 0.410. The summed E-state index contributed by atoms with van der Waals surface area (Å²) in [7, 11) is 1.71. The number of rotatable bonds is 4. The van der Waals surface area contributed by atoms with E-state index < -0.39 is 0 Å². The highest BCUT2D eigenvalue weighted by molar-refractivity contribution is 7.16. The van der Waals surface area contributed by atoms with Crippen molar-refractivity contribution >= 4 is 22.7 Å². The van der Waals surface area contributed by atoms with Crippen molar-refractivity contribution < 1.29 is 4.74 Å². The SMILES string of the molecule is COc1ccccc1Cc1nc(-c2sc(C)cc2C)cs1. The average Bonchev–Trinajstić information content (AvgIpc) is 3.06. The van der Waals surface area contributed by atoms with Crippen molar-refractivity contribution in [2.45, 2.75) is 20.3 Å². The first kappa shape index (κ1) is 14.3. The van der Waals surface area contributed by atoms with Gasteiger partial charge >= 0.3 is 0 Å². The Labute approximate surface area is 133 Å². The quantitative estimate of drug-likeness (QED) is 0.669. The molecule has 0 aliphatic rings. The molecule has 0 saturated carbocycles. The van der Waals surface area contributed by atoms with Crippen molar-refractivity contribution in [3.8, 4) is 16.3 Å². The first-order valence-electron chi connectivity index (χ1n) is 6.81. The maximum absolute atomic E-state index is 5.41. The maximum Gasteiger partial charge on any atom is 0.122 e. The van der Waals surface area contributed by atoms with Crippen LogP contribution in [0.3, 0.4) is 0 Å². The van der Waals surface area contributed by atoms with Crippen LogP contribution in [-0.2, 0) is 6.42 Å². The Balaban J connectivity index is 1.87. The van der Waals surface area contributed by atoms with E-state index in [1.54, 1.807) is 18.4 Å². The lowest BCUT2D eigenvalue weighted by atomic mass is 10.1. The van der Waals surface area contributed by atoms with Gasteiger partial charge in [-0.25, -0.2) is 4.98 Å². The molecule has 2 heterocycles. The molecule has 1 aromatic carbocycles. The van der Waals surface area contributed by atoms with Gasteiger partial charge < -0.3 is 4.74 Å². The third kappa shape index (κ3) is 3.01. The Kier molecular flexibility index (Phi) is 4.08. The van der Waals surface area contributed by atoms with Crippen LogP contribution in [0.1, 0.15) is 21.0 Å². The third-order valence-corrected chi connectivity index (χ3v) is 5.38. The Hall–Kier alpha value is -1.65. The van der Waals surface area contributed by atoms with Crippen LogP contribution < -0.4 is 4.74 Å². The molecule has 0 amide bonds. The van der Waals surface area contributed by atoms with E-state index in [-0.39, 0.29) is 0 Å². The van der Waals surface area contributed by atoms with Crippen molar-refractivity contribution in [1.29, 1.82) is 0 Å². The minimum absolute atomic E-state index is 0.818. The lowest BCUT2D eigenvalue weighted by Crippen LogP contribution is -1.93. The summed E-state index contributed by atoms with van der Waals surface area (Å²) >= 11 is 3.53. The van der Waals surface area contributed by atoms with E-state index in [1.165, 1.54) is 20.9 Å². The van der Waals surface area contributed by atoms with E-state index in [9.17, 15) is 0 Å². The molecule has 0 bridgehead atoms. The van der Waals surface area contributed by atoms with Gasteiger partial charge in [0.1, 0.15) is 5.75 Å². The number of hydrogen-bond acceptors (Lipinski definition) is 4. The van der Waals surface area contributed by atoms with Gasteiger partial charge in [0, 0.05) is 22.2 Å². The van der Waals surface area contributed by atoms with Crippen LogP contribution in [0.15, 0.2) is 35.7 Å². The van der Waals surface area contributed by atoms with Crippen molar-refractivity contribution in [3.63, 3.8) is 0 Å². The first-order valence-corrected chi connectivity index (χ1v) is 8.50. The lowest BCUT2D eigenvalue weighted by Gasteiger charge is -2.05. The van der Waals surface area contributed by atoms with Gasteiger partial charge in [-0.3, -0.25) is 0 Å². The van der Waals surface area contributed by atoms with E-state index in [1.807, 2.05) is 29.5 Å². The van der Waals surface area contributed by atoms with Gasteiger partial charge in [0.2, 0.25) is 0 Å². The van der Waals surface area contributed by atoms with Gasteiger partial charge in [0.25, 0.3) is 0 Å². The Morgan fingerprint density at radius 1 is 1.19 bits per heavy atom. The van der Waals surface area contributed by atoms with Crippen molar-refractivity contribution in [1.82, 2.24) is 4.98 Å². The number of methoxy groups -OCH3 is 1. The molecule has 0 aliphatic heterocycles. The van der Waals surface area contributed by atoms with E-state index in [4.69, 9.17) is 9.72 Å². The smallest absolute Gasteiger partial charge is 0.122 e. The predicted molar refractivity (Wildman–Crippen MR) is 90.7 cm³/mol. The second-order valence-corrected chi connectivity index (χ2v) is 7.18. The van der Waals surface area contributed by atoms with Crippen LogP contribution in [0.2, 0.25) is 0 Å². The standard InChI is InChI=1S/C17H17NOS2/c1-11-8-12(2)21-17(11)14-10-20-16(18-14)9-13-6-4-5-7-15(13)19-3/h4-8,10H,9H2,1-3H3. The van der Waals surface area contributed by atoms with Crippen LogP contribution >= 0.6 is 22.7 Å². The first-order chi connectivity index (χ1) is 10.2. The average molecular weight is 315 g/mol. The molecular formula is C17H17NOS2. The number of aromatic nitrogens is 1. The molecule has 0 spiro atoms. The van der Waals surface area contributed by atoms with Gasteiger partial charge in [-0.05, 0) is 31.5 Å². The van der Waals surface area contributed by atoms with Crippen LogP contribution in [-0.4, -0.2) is 12.1 Å². The molecule has 0 unspecified atom stereocenters. The zero-order valence-corrected chi connectivity index (χ0v) is 14.0. The minimum atomic E-state index is 0.818. The van der Waals surface area contributed by atoms with Crippen molar-refractivity contribution in [3.05, 3.63) is 56.7 Å². The number of para-hydroxylation sites is 1. The fourth-order valence-corrected chi connectivity index (χ4v) is 4.27. The Bertz CT molecular complexity index is 758. The Morgan fingerprint density at radius 3 is 2.71 bits per heavy atom. The number of thiophene rings is 1. The molecule has 0 saturated heterocycles. The van der Waals surface area contributed by atoms with Crippen LogP contribution in [0.4, 0.5) is 0 Å². The molecule has 0 atom stereocenters. The summed E-state index contributed by atoms with van der Waals surface area (Å²) in [5, 5.41) is 3.28. The highest BCUT2D eigenvalue weighted by Crippen LogP contribution is 2.33. The summed E-state index contributed by atoms with van der Waals surface area (Å²) in [5.74, 6) is 0.928. The van der Waals surface area contributed by atoms with E-state index in [0.29, 0.717) is 0 Å². The number of nitrogens with zero attached hydrogens (tertiary/aromatic N) is 1. The number of aryl methyl sites for hydroxylation is 2. The largest absolute Gasteiger partial charge is 0.496 e. The van der Waals surface area contributed by atoms with Crippen LogP contribution in [0.5, 0.6) is 5.75 Å². The summed E-state index contributed by atoms with van der Waals surface area (Å²) in [5.41, 5.74) is 3.59. The van der Waals surface area contributed by atoms with Crippen LogP contribution in [0, 0.1) is 13.8 Å². The second-order valence-electron chi connectivity index (χ2n) is 4.98. The fourth-order valence-electron chi connectivity index (χ4n) is 2.40. The second kappa shape index (κ2) is 6.00. The summed E-state index contributed by atoms with van der Waals surface area (Å²) in [6.07, 6.45) is 0.818. The highest BCUT2D eigenvalue weighted by Gasteiger charge is 2.11. The summed E-state index contributed by atoms with van der Waals surface area (Å²) in [6.45, 7) is 4.29. The van der Waals surface area contributed by atoms with Crippen LogP contribution in [0.25, 0.3) is 10.6 Å². The summed E-state index contributed by atoms with van der Waals surface area (Å²) in [6, 6.07) is 10.4. The minimum Gasteiger partial charge on any atom is -0.496 e. The molecule has 3 aromatic rings. The van der Waals surface area contributed by atoms with Gasteiger partial charge in [0.15, 0.2) is 0 Å². The Morgan fingerprint density at radius 2 is 2.00 bits per heavy atom. The number of benzene rings is 1. The third-order valence-electron chi connectivity index (χ3n) is 3.36. The van der Waals surface area contributed by atoms with Crippen molar-refractivity contribution in [2.24, 2.45) is 0 Å². The predicted octanol–water partition coefficient (Wildman–Crippen LogP) is 5.09. The molecule has 4 heteroatoms. The number of ether oxygens (including phenoxy) is 1. The van der Waals surface area contributed by atoms with E-state index in [0.717, 1.165) is 22.9 Å². The normalized spacial score (nSPS) is 10.8. The molecular weight excluding hydrogens is 298 g/mol. The molecule has 3 rings (SSSR count). The molecule has 0 fully saturated rings. The zero-order chi connectivity index (χ0) is 14.8. The van der Waals surface area contributed by atoms with E-state index in [2.05, 4.69) is 31.4 Å². The molecule has 0 aliphatic carbocycles.